The van der Waals surface area contributed by atoms with Crippen LogP contribution in [0.2, 0.25) is 0 Å². The van der Waals surface area contributed by atoms with E-state index >= 15 is 0 Å². The number of para-hydroxylation sites is 1. The molecule has 0 aliphatic carbocycles. The van der Waals surface area contributed by atoms with E-state index in [1.165, 1.54) is 19.1 Å². The van der Waals surface area contributed by atoms with Crippen molar-refractivity contribution in [2.75, 3.05) is 0 Å². The zero-order valence-electron chi connectivity index (χ0n) is 19.6. The Morgan fingerprint density at radius 3 is 1.83 bits per heavy atom. The number of carboxylic acid groups (broad SMARTS) is 3. The maximum Gasteiger partial charge on any atom is 0.323 e. The Labute approximate surface area is 207 Å². The molecular weight excluding hydrogens is 472 g/mol. The Hall–Kier alpha value is -3.97. The van der Waals surface area contributed by atoms with Gasteiger partial charge in [-0.2, -0.15) is 0 Å². The number of aromatic hydroxyl groups is 1. The number of aliphatic hydroxyl groups excluding tert-OH is 1. The summed E-state index contributed by atoms with van der Waals surface area (Å²) in [7, 11) is 0. The van der Waals surface area contributed by atoms with Gasteiger partial charge >= 0.3 is 17.9 Å². The van der Waals surface area contributed by atoms with Crippen LogP contribution in [-0.2, 0) is 27.2 Å². The van der Waals surface area contributed by atoms with Gasteiger partial charge in [0.1, 0.15) is 23.9 Å². The zero-order valence-corrected chi connectivity index (χ0v) is 19.6. The number of nitrogens with two attached hydrogens (primary N) is 3. The van der Waals surface area contributed by atoms with Crippen molar-refractivity contribution in [3.8, 4) is 5.75 Å². The Bertz CT molecular complexity index is 1130. The van der Waals surface area contributed by atoms with Crippen LogP contribution >= 0.6 is 0 Å². The lowest BCUT2D eigenvalue weighted by molar-refractivity contribution is -0.141. The van der Waals surface area contributed by atoms with Gasteiger partial charge in [0.2, 0.25) is 0 Å². The van der Waals surface area contributed by atoms with Crippen LogP contribution in [0.25, 0.3) is 10.9 Å². The van der Waals surface area contributed by atoms with Crippen LogP contribution in [0.1, 0.15) is 18.1 Å². The maximum atomic E-state index is 10.6. The lowest BCUT2D eigenvalue weighted by Crippen LogP contribution is -2.39. The summed E-state index contributed by atoms with van der Waals surface area (Å²) in [6.45, 7) is 1.33. The number of benzene rings is 2. The summed E-state index contributed by atoms with van der Waals surface area (Å²) in [4.78, 5) is 34.0. The number of aromatic nitrogens is 1. The number of fused-ring (bicyclic) bond motifs is 1. The number of phenols is 1. The minimum atomic E-state index is -1.18. The Kier molecular flexibility index (Phi) is 12.1. The van der Waals surface area contributed by atoms with Crippen molar-refractivity contribution in [2.24, 2.45) is 17.2 Å². The molecule has 0 saturated heterocycles. The first-order valence-corrected chi connectivity index (χ1v) is 10.8. The van der Waals surface area contributed by atoms with Crippen LogP contribution in [0.4, 0.5) is 0 Å². The molecule has 4 atom stereocenters. The van der Waals surface area contributed by atoms with Gasteiger partial charge in [0.15, 0.2) is 0 Å². The van der Waals surface area contributed by atoms with E-state index in [0.717, 1.165) is 22.0 Å². The van der Waals surface area contributed by atoms with Gasteiger partial charge in [-0.25, -0.2) is 0 Å². The highest BCUT2D eigenvalue weighted by Crippen LogP contribution is 2.18. The molecule has 12 heteroatoms. The summed E-state index contributed by atoms with van der Waals surface area (Å²) in [6, 6.07) is 11.2. The third kappa shape index (κ3) is 10.1. The molecule has 0 saturated carbocycles. The van der Waals surface area contributed by atoms with Crippen molar-refractivity contribution in [2.45, 2.75) is 44.0 Å². The number of H-pyrrole nitrogens is 1. The number of hydrogen-bond donors (Lipinski definition) is 9. The predicted molar refractivity (Wildman–Crippen MR) is 132 cm³/mol. The largest absolute Gasteiger partial charge is 0.508 e. The molecule has 0 amide bonds. The predicted octanol–water partition coefficient (Wildman–Crippen LogP) is 0.248. The molecule has 3 aromatic rings. The topological polar surface area (TPSA) is 246 Å². The average Bonchev–Trinajstić information content (AvgIpc) is 3.23. The molecule has 2 aromatic carbocycles. The monoisotopic (exact) mass is 504 g/mol. The second kappa shape index (κ2) is 14.4. The molecule has 3 rings (SSSR count). The molecule has 12 nitrogen and oxygen atoms in total. The fourth-order valence-electron chi connectivity index (χ4n) is 2.80. The van der Waals surface area contributed by atoms with Crippen molar-refractivity contribution in [1.29, 1.82) is 0 Å². The standard InChI is InChI=1S/C11H12N2O2.C9H11NO3.C4H9NO3/c12-9(11(14)15)5-7-6-13-10-4-2-1-3-8(7)10;10-8(9(12)13)5-6-1-3-7(11)4-2-6;1-2(6)3(5)4(7)8/h1-4,6,9,13H,5,12H2,(H,14,15);1-4,8,11H,5,10H2,(H,12,13);2-3,6H,5H2,1H3,(H,7,8). The molecule has 0 bridgehead atoms. The van der Waals surface area contributed by atoms with Gasteiger partial charge in [0, 0.05) is 23.5 Å². The summed E-state index contributed by atoms with van der Waals surface area (Å²) < 4.78 is 0. The lowest BCUT2D eigenvalue weighted by Gasteiger charge is -2.06. The minimum Gasteiger partial charge on any atom is -0.508 e. The van der Waals surface area contributed by atoms with Crippen LogP contribution < -0.4 is 17.2 Å². The number of phenolic OH excluding ortho intramolecular Hbond substituents is 1. The number of carboxylic acids is 3. The van der Waals surface area contributed by atoms with Crippen molar-refractivity contribution in [1.82, 2.24) is 4.98 Å². The van der Waals surface area contributed by atoms with Crippen LogP contribution in [0, 0.1) is 0 Å². The normalized spacial score (nSPS) is 13.7. The molecular formula is C24H32N4O8. The molecule has 36 heavy (non-hydrogen) atoms. The molecule has 1 heterocycles. The SMILES string of the molecule is CC(O)C(N)C(=O)O.NC(Cc1c[nH]c2ccccc12)C(=O)O.NC(Cc1ccc(O)cc1)C(=O)O. The first kappa shape index (κ1) is 30.1. The van der Waals surface area contributed by atoms with Gasteiger partial charge in [-0.15, -0.1) is 0 Å². The van der Waals surface area contributed by atoms with E-state index in [2.05, 4.69) is 4.98 Å². The smallest absolute Gasteiger partial charge is 0.323 e. The van der Waals surface area contributed by atoms with Crippen LogP contribution in [-0.4, -0.2) is 72.7 Å². The van der Waals surface area contributed by atoms with E-state index in [4.69, 9.17) is 42.7 Å². The summed E-state index contributed by atoms with van der Waals surface area (Å²) in [5, 5.41) is 43.8. The van der Waals surface area contributed by atoms with Gasteiger partial charge in [0.05, 0.1) is 6.10 Å². The van der Waals surface area contributed by atoms with Crippen molar-refractivity contribution >= 4 is 28.8 Å². The number of rotatable bonds is 8. The molecule has 0 spiro atoms. The van der Waals surface area contributed by atoms with Crippen molar-refractivity contribution in [3.63, 3.8) is 0 Å². The van der Waals surface area contributed by atoms with Crippen LogP contribution in [0.3, 0.4) is 0 Å². The molecule has 0 aliphatic heterocycles. The summed E-state index contributed by atoms with van der Waals surface area (Å²) in [5.41, 5.74) is 18.5. The minimum absolute atomic E-state index is 0.160. The van der Waals surface area contributed by atoms with Crippen LogP contribution in [0.15, 0.2) is 54.7 Å². The molecule has 0 fully saturated rings. The fourth-order valence-corrected chi connectivity index (χ4v) is 2.80. The number of aliphatic carboxylic acids is 3. The first-order chi connectivity index (χ1) is 16.8. The van der Waals surface area contributed by atoms with E-state index < -0.39 is 42.1 Å². The van der Waals surface area contributed by atoms with E-state index in [9.17, 15) is 14.4 Å². The number of carbonyl (C=O) groups is 3. The second-order valence-electron chi connectivity index (χ2n) is 7.93. The third-order valence-electron chi connectivity index (χ3n) is 4.95. The van der Waals surface area contributed by atoms with E-state index in [1.54, 1.807) is 12.1 Å². The highest BCUT2D eigenvalue weighted by molar-refractivity contribution is 5.84. The molecule has 4 unspecified atom stereocenters. The molecule has 0 aliphatic rings. The Balaban J connectivity index is 0.000000284. The number of nitrogens with one attached hydrogen (secondary N) is 1. The number of hydrogen-bond acceptors (Lipinski definition) is 8. The van der Waals surface area contributed by atoms with E-state index in [0.29, 0.717) is 6.42 Å². The molecule has 196 valence electrons. The highest BCUT2D eigenvalue weighted by Gasteiger charge is 2.16. The lowest BCUT2D eigenvalue weighted by atomic mass is 10.1. The first-order valence-electron chi connectivity index (χ1n) is 10.8. The summed E-state index contributed by atoms with van der Waals surface area (Å²) in [6.07, 6.45) is 1.45. The van der Waals surface area contributed by atoms with Gasteiger partial charge in [-0.1, -0.05) is 30.3 Å². The number of aliphatic hydroxyl groups is 1. The molecule has 1 aromatic heterocycles. The van der Waals surface area contributed by atoms with E-state index in [1.807, 2.05) is 30.5 Å². The fraction of sp³-hybridized carbons (Fsp3) is 0.292. The average molecular weight is 505 g/mol. The quantitative estimate of drug-likeness (QED) is 0.201. The van der Waals surface area contributed by atoms with E-state index in [-0.39, 0.29) is 12.2 Å². The third-order valence-corrected chi connectivity index (χ3v) is 4.95. The van der Waals surface area contributed by atoms with Gasteiger partial charge in [0.25, 0.3) is 0 Å². The summed E-state index contributed by atoms with van der Waals surface area (Å²) >= 11 is 0. The highest BCUT2D eigenvalue weighted by atomic mass is 16.4. The maximum absolute atomic E-state index is 10.6. The summed E-state index contributed by atoms with van der Waals surface area (Å²) in [5.74, 6) is -3.01. The second-order valence-corrected chi connectivity index (χ2v) is 7.93. The molecule has 12 N–H and O–H groups in total. The Morgan fingerprint density at radius 1 is 0.833 bits per heavy atom. The van der Waals surface area contributed by atoms with Gasteiger partial charge in [-0.05, 0) is 42.7 Å². The van der Waals surface area contributed by atoms with Crippen molar-refractivity contribution in [3.05, 3.63) is 65.9 Å². The Morgan fingerprint density at radius 2 is 1.36 bits per heavy atom. The van der Waals surface area contributed by atoms with Crippen LogP contribution in [0.5, 0.6) is 5.75 Å². The molecule has 0 radical (unpaired) electrons. The zero-order chi connectivity index (χ0) is 27.4. The van der Waals surface area contributed by atoms with Gasteiger partial charge in [-0.3, -0.25) is 14.4 Å². The van der Waals surface area contributed by atoms with Gasteiger partial charge < -0.3 is 47.7 Å². The number of aromatic amines is 1. The van der Waals surface area contributed by atoms with Crippen molar-refractivity contribution < 1.29 is 39.9 Å².